The number of aromatic nitrogens is 3. The number of rotatable bonds is 4. The van der Waals surface area contributed by atoms with Crippen molar-refractivity contribution in [1.29, 1.82) is 0 Å². The highest BCUT2D eigenvalue weighted by atomic mass is 16.3. The van der Waals surface area contributed by atoms with E-state index in [4.69, 9.17) is 0 Å². The monoisotopic (exact) mass is 494 g/mol. The first-order valence-corrected chi connectivity index (χ1v) is 12.6. The van der Waals surface area contributed by atoms with Crippen LogP contribution >= 0.6 is 0 Å². The van der Waals surface area contributed by atoms with Crippen LogP contribution in [0.25, 0.3) is 38.8 Å². The fourth-order valence-corrected chi connectivity index (χ4v) is 4.85. The number of anilines is 1. The number of aliphatic hydroxyl groups is 1. The third kappa shape index (κ3) is 4.65. The van der Waals surface area contributed by atoms with Gasteiger partial charge >= 0.3 is 0 Å². The fourth-order valence-electron chi connectivity index (χ4n) is 4.85. The number of nitrogens with zero attached hydrogens (tertiary/aromatic N) is 2. The molecule has 0 radical (unpaired) electrons. The maximum atomic E-state index is 13.6. The Kier molecular flexibility index (Phi) is 5.95. The third-order valence-corrected chi connectivity index (χ3v) is 6.68. The molecule has 5 aromatic rings. The average Bonchev–Trinajstić information content (AvgIpc) is 3.31. The van der Waals surface area contributed by atoms with Crippen LogP contribution in [0.1, 0.15) is 52.7 Å². The fraction of sp³-hybridized carbons (Fsp3) is 0.290. The minimum absolute atomic E-state index is 0.0147. The minimum Gasteiger partial charge on any atom is -0.392 e. The number of H-pyrrole nitrogens is 1. The van der Waals surface area contributed by atoms with E-state index in [1.165, 1.54) is 0 Å². The minimum atomic E-state index is -0.198. The van der Waals surface area contributed by atoms with Crippen LogP contribution in [0.15, 0.2) is 72.0 Å². The van der Waals surface area contributed by atoms with E-state index in [0.717, 1.165) is 39.1 Å². The van der Waals surface area contributed by atoms with Crippen LogP contribution in [-0.4, -0.2) is 25.0 Å². The van der Waals surface area contributed by atoms with Gasteiger partial charge in [0, 0.05) is 52.4 Å². The van der Waals surface area contributed by atoms with Crippen molar-refractivity contribution in [1.82, 2.24) is 14.4 Å². The Bertz CT molecular complexity index is 1680. The van der Waals surface area contributed by atoms with Crippen molar-refractivity contribution in [2.45, 2.75) is 59.1 Å². The van der Waals surface area contributed by atoms with Gasteiger partial charge in [0.05, 0.1) is 12.3 Å². The van der Waals surface area contributed by atoms with Crippen molar-refractivity contribution in [3.05, 3.63) is 88.6 Å². The van der Waals surface area contributed by atoms with Crippen LogP contribution in [0, 0.1) is 0 Å². The molecule has 0 bridgehead atoms. The summed E-state index contributed by atoms with van der Waals surface area (Å²) in [6.07, 6.45) is 7.46. The first-order chi connectivity index (χ1) is 17.5. The summed E-state index contributed by atoms with van der Waals surface area (Å²) in [6, 6.07) is 13.9. The van der Waals surface area contributed by atoms with Gasteiger partial charge in [0.1, 0.15) is 0 Å². The van der Waals surface area contributed by atoms with Gasteiger partial charge in [-0.25, -0.2) is 4.98 Å². The van der Waals surface area contributed by atoms with Gasteiger partial charge in [-0.15, -0.1) is 0 Å². The van der Waals surface area contributed by atoms with Crippen molar-refractivity contribution in [2.75, 3.05) is 5.32 Å². The number of imidazole rings is 1. The van der Waals surface area contributed by atoms with Crippen LogP contribution in [0.4, 0.5) is 5.69 Å². The predicted molar refractivity (Wildman–Crippen MR) is 152 cm³/mol. The highest BCUT2D eigenvalue weighted by molar-refractivity contribution is 5.87. The van der Waals surface area contributed by atoms with E-state index in [-0.39, 0.29) is 23.0 Å². The van der Waals surface area contributed by atoms with Gasteiger partial charge in [0.25, 0.3) is 0 Å². The van der Waals surface area contributed by atoms with Gasteiger partial charge in [-0.05, 0) is 66.6 Å². The second kappa shape index (κ2) is 8.89. The summed E-state index contributed by atoms with van der Waals surface area (Å²) in [5.41, 5.74) is 7.26. The number of benzene rings is 2. The molecule has 0 aliphatic rings. The summed E-state index contributed by atoms with van der Waals surface area (Å²) in [5.74, 6) is 0. The molecule has 0 aliphatic heterocycles. The summed E-state index contributed by atoms with van der Waals surface area (Å²) < 4.78 is 1.98. The Hall–Kier alpha value is -3.90. The van der Waals surface area contributed by atoms with Crippen molar-refractivity contribution < 1.29 is 5.11 Å². The smallest absolute Gasteiger partial charge is 0.197 e. The number of hydrogen-bond donors (Lipinski definition) is 3. The molecule has 0 fully saturated rings. The summed E-state index contributed by atoms with van der Waals surface area (Å²) in [5, 5.41) is 14.7. The number of hydrogen-bond acceptors (Lipinski definition) is 4. The quantitative estimate of drug-likeness (QED) is 0.266. The number of aromatic amines is 1. The lowest BCUT2D eigenvalue weighted by Crippen LogP contribution is -2.26. The summed E-state index contributed by atoms with van der Waals surface area (Å²) in [4.78, 5) is 21.5. The maximum absolute atomic E-state index is 13.6. The Balaban J connectivity index is 1.68. The number of pyridine rings is 2. The van der Waals surface area contributed by atoms with Crippen molar-refractivity contribution in [3.8, 4) is 22.3 Å². The Labute approximate surface area is 217 Å². The molecular formula is C31H34N4O2. The van der Waals surface area contributed by atoms with Gasteiger partial charge in [0.2, 0.25) is 0 Å². The molecule has 3 N–H and O–H groups in total. The Morgan fingerprint density at radius 1 is 1.00 bits per heavy atom. The van der Waals surface area contributed by atoms with Crippen LogP contribution in [0.5, 0.6) is 0 Å². The molecule has 0 unspecified atom stereocenters. The van der Waals surface area contributed by atoms with Gasteiger partial charge in [0.15, 0.2) is 11.1 Å². The zero-order valence-corrected chi connectivity index (χ0v) is 22.3. The predicted octanol–water partition coefficient (Wildman–Crippen LogP) is 6.51. The molecular weight excluding hydrogens is 460 g/mol. The molecule has 6 heteroatoms. The molecule has 0 saturated heterocycles. The van der Waals surface area contributed by atoms with Crippen molar-refractivity contribution >= 4 is 22.2 Å². The molecule has 0 aliphatic carbocycles. The summed E-state index contributed by atoms with van der Waals surface area (Å²) >= 11 is 0. The second-order valence-corrected chi connectivity index (χ2v) is 11.7. The van der Waals surface area contributed by atoms with E-state index in [0.29, 0.717) is 16.5 Å². The molecule has 0 amide bonds. The summed E-state index contributed by atoms with van der Waals surface area (Å²) in [6.45, 7) is 12.6. The van der Waals surface area contributed by atoms with E-state index in [2.05, 4.69) is 62.9 Å². The maximum Gasteiger partial charge on any atom is 0.197 e. The highest BCUT2D eigenvalue weighted by Crippen LogP contribution is 2.35. The molecule has 3 heterocycles. The molecule has 3 aromatic heterocycles. The van der Waals surface area contributed by atoms with Gasteiger partial charge < -0.3 is 19.8 Å². The second-order valence-electron chi connectivity index (χ2n) is 11.7. The zero-order chi connectivity index (χ0) is 26.5. The normalized spacial score (nSPS) is 12.4. The van der Waals surface area contributed by atoms with Crippen LogP contribution in [-0.2, 0) is 12.0 Å². The van der Waals surface area contributed by atoms with E-state index in [1.807, 2.05) is 53.2 Å². The van der Waals surface area contributed by atoms with Crippen LogP contribution in [0.2, 0.25) is 0 Å². The van der Waals surface area contributed by atoms with E-state index >= 15 is 0 Å². The van der Waals surface area contributed by atoms with Crippen LogP contribution in [0.3, 0.4) is 0 Å². The van der Waals surface area contributed by atoms with E-state index in [9.17, 15) is 9.90 Å². The highest BCUT2D eigenvalue weighted by Gasteiger charge is 2.19. The van der Waals surface area contributed by atoms with Gasteiger partial charge in [-0.3, -0.25) is 4.79 Å². The largest absolute Gasteiger partial charge is 0.392 e. The first kappa shape index (κ1) is 24.8. The van der Waals surface area contributed by atoms with Gasteiger partial charge in [-0.1, -0.05) is 45.0 Å². The molecule has 0 spiro atoms. The Morgan fingerprint density at radius 2 is 1.76 bits per heavy atom. The third-order valence-electron chi connectivity index (χ3n) is 6.68. The lowest BCUT2D eigenvalue weighted by molar-refractivity contribution is 0.283. The van der Waals surface area contributed by atoms with Gasteiger partial charge in [-0.2, -0.15) is 0 Å². The number of aliphatic hydroxyl groups excluding tert-OH is 1. The molecule has 190 valence electrons. The molecule has 2 aromatic carbocycles. The molecule has 37 heavy (non-hydrogen) atoms. The molecule has 0 atom stereocenters. The first-order valence-electron chi connectivity index (χ1n) is 12.6. The lowest BCUT2D eigenvalue weighted by atomic mass is 9.86. The van der Waals surface area contributed by atoms with Crippen molar-refractivity contribution in [3.63, 3.8) is 0 Å². The molecule has 6 nitrogen and oxygen atoms in total. The standard InChI is InChI=1S/C31H34N4O2/c1-30(2,3)20-10-11-23-26(15-20)33-16-24(28(23)37)22-9-7-8-21(25(22)18-36)19-14-27(34-31(4,5)6)29-32-12-13-35(29)17-19/h7-17,34,36H,18H2,1-6H3,(H,33,37). The summed E-state index contributed by atoms with van der Waals surface area (Å²) in [7, 11) is 0. The van der Waals surface area contributed by atoms with E-state index < -0.39 is 0 Å². The molecule has 0 saturated carbocycles. The Morgan fingerprint density at radius 3 is 2.46 bits per heavy atom. The molecule has 5 rings (SSSR count). The number of nitrogens with one attached hydrogen (secondary N) is 2. The average molecular weight is 495 g/mol. The van der Waals surface area contributed by atoms with E-state index in [1.54, 1.807) is 12.4 Å². The van der Waals surface area contributed by atoms with Crippen LogP contribution < -0.4 is 10.7 Å². The number of fused-ring (bicyclic) bond motifs is 2. The SMILES string of the molecule is CC(C)(C)Nc1cc(-c2cccc(-c3c[nH]c4cc(C(C)(C)C)ccc4c3=O)c2CO)cn2ccnc12. The van der Waals surface area contributed by atoms with Crippen molar-refractivity contribution in [2.24, 2.45) is 0 Å². The lowest BCUT2D eigenvalue weighted by Gasteiger charge is -2.23. The topological polar surface area (TPSA) is 82.4 Å². The zero-order valence-electron chi connectivity index (χ0n) is 22.3.